The number of benzene rings is 1. The van der Waals surface area contributed by atoms with Crippen LogP contribution in [0.5, 0.6) is 5.75 Å². The van der Waals surface area contributed by atoms with E-state index in [-0.39, 0.29) is 22.7 Å². The molecule has 0 fully saturated rings. The number of thiocarbonyl (C=S) groups is 1. The van der Waals surface area contributed by atoms with Crippen LogP contribution in [-0.2, 0) is 4.79 Å². The number of carbonyl (C=O) groups is 1. The molecule has 0 saturated carbocycles. The van der Waals surface area contributed by atoms with E-state index >= 15 is 0 Å². The summed E-state index contributed by atoms with van der Waals surface area (Å²) in [5.41, 5.74) is 1.42. The van der Waals surface area contributed by atoms with Crippen molar-refractivity contribution in [3.8, 4) is 5.75 Å². The highest BCUT2D eigenvalue weighted by molar-refractivity contribution is 9.10. The summed E-state index contributed by atoms with van der Waals surface area (Å²) in [6, 6.07) is 3.45. The van der Waals surface area contributed by atoms with E-state index in [1.165, 1.54) is 0 Å². The standard InChI is InChI=1S/C13H17BrN2O2S/c1-7(2)4-11(17)16-13(19)15-9-5-8(3)12(18)10(14)6-9/h5-7,18H,4H2,1-3H3,(H2,15,16,17,19). The van der Waals surface area contributed by atoms with Crippen molar-refractivity contribution in [2.45, 2.75) is 27.2 Å². The molecule has 1 amide bonds. The lowest BCUT2D eigenvalue weighted by atomic mass is 10.1. The Kier molecular flexibility index (Phi) is 5.75. The molecular formula is C13H17BrN2O2S. The molecule has 0 aliphatic carbocycles. The molecule has 104 valence electrons. The zero-order valence-corrected chi connectivity index (χ0v) is 13.5. The molecule has 1 rings (SSSR count). The highest BCUT2D eigenvalue weighted by atomic mass is 79.9. The van der Waals surface area contributed by atoms with Crippen molar-refractivity contribution >= 4 is 44.9 Å². The van der Waals surface area contributed by atoms with Gasteiger partial charge in [-0.3, -0.25) is 4.79 Å². The van der Waals surface area contributed by atoms with Gasteiger partial charge < -0.3 is 15.7 Å². The monoisotopic (exact) mass is 344 g/mol. The number of phenolic OH excluding ortho intramolecular Hbond substituents is 1. The van der Waals surface area contributed by atoms with Crippen molar-refractivity contribution in [3.63, 3.8) is 0 Å². The van der Waals surface area contributed by atoms with Crippen molar-refractivity contribution in [3.05, 3.63) is 22.2 Å². The molecule has 0 aliphatic heterocycles. The first-order valence-corrected chi connectivity index (χ1v) is 7.09. The number of aryl methyl sites for hydroxylation is 1. The largest absolute Gasteiger partial charge is 0.506 e. The smallest absolute Gasteiger partial charge is 0.226 e. The van der Waals surface area contributed by atoms with Gasteiger partial charge in [0.25, 0.3) is 0 Å². The lowest BCUT2D eigenvalue weighted by Crippen LogP contribution is -2.34. The second kappa shape index (κ2) is 6.86. The van der Waals surface area contributed by atoms with Gasteiger partial charge in [0.05, 0.1) is 4.47 Å². The van der Waals surface area contributed by atoms with Gasteiger partial charge in [-0.15, -0.1) is 0 Å². The van der Waals surface area contributed by atoms with Crippen LogP contribution in [0, 0.1) is 12.8 Å². The lowest BCUT2D eigenvalue weighted by Gasteiger charge is -2.12. The van der Waals surface area contributed by atoms with Gasteiger partial charge in [0.2, 0.25) is 5.91 Å². The second-order valence-electron chi connectivity index (χ2n) is 4.72. The number of phenols is 1. The fraction of sp³-hybridized carbons (Fsp3) is 0.385. The molecule has 0 saturated heterocycles. The summed E-state index contributed by atoms with van der Waals surface area (Å²) >= 11 is 8.31. The SMILES string of the molecule is Cc1cc(NC(=S)NC(=O)CC(C)C)cc(Br)c1O. The predicted molar refractivity (Wildman–Crippen MR) is 84.4 cm³/mol. The molecule has 0 atom stereocenters. The molecule has 3 N–H and O–H groups in total. The van der Waals surface area contributed by atoms with Gasteiger partial charge in [-0.2, -0.15) is 0 Å². The molecule has 0 unspecified atom stereocenters. The van der Waals surface area contributed by atoms with E-state index in [2.05, 4.69) is 26.6 Å². The van der Waals surface area contributed by atoms with Gasteiger partial charge >= 0.3 is 0 Å². The van der Waals surface area contributed by atoms with Crippen LogP contribution < -0.4 is 10.6 Å². The van der Waals surface area contributed by atoms with Crippen LogP contribution in [0.2, 0.25) is 0 Å². The quantitative estimate of drug-likeness (QED) is 0.581. The summed E-state index contributed by atoms with van der Waals surface area (Å²) in [7, 11) is 0. The van der Waals surface area contributed by atoms with E-state index in [0.717, 1.165) is 0 Å². The maximum Gasteiger partial charge on any atom is 0.226 e. The summed E-state index contributed by atoms with van der Waals surface area (Å²) in [4.78, 5) is 11.6. The molecule has 0 heterocycles. The molecule has 0 spiro atoms. The second-order valence-corrected chi connectivity index (χ2v) is 5.99. The summed E-state index contributed by atoms with van der Waals surface area (Å²) in [5, 5.41) is 15.4. The third-order valence-electron chi connectivity index (χ3n) is 2.36. The number of nitrogens with one attached hydrogen (secondary N) is 2. The number of carbonyl (C=O) groups excluding carboxylic acids is 1. The number of halogens is 1. The van der Waals surface area contributed by atoms with Crippen molar-refractivity contribution in [1.82, 2.24) is 5.32 Å². The van der Waals surface area contributed by atoms with Gasteiger partial charge in [-0.1, -0.05) is 13.8 Å². The van der Waals surface area contributed by atoms with E-state index in [9.17, 15) is 9.90 Å². The Morgan fingerprint density at radius 2 is 2.11 bits per heavy atom. The van der Waals surface area contributed by atoms with Crippen LogP contribution in [-0.4, -0.2) is 16.1 Å². The summed E-state index contributed by atoms with van der Waals surface area (Å²) in [5.74, 6) is 0.371. The minimum Gasteiger partial charge on any atom is -0.506 e. The zero-order valence-electron chi connectivity index (χ0n) is 11.1. The Balaban J connectivity index is 2.65. The van der Waals surface area contributed by atoms with Gasteiger partial charge in [0.15, 0.2) is 5.11 Å². The minimum absolute atomic E-state index is 0.109. The highest BCUT2D eigenvalue weighted by Crippen LogP contribution is 2.30. The molecular weight excluding hydrogens is 328 g/mol. The Morgan fingerprint density at radius 1 is 1.47 bits per heavy atom. The fourth-order valence-corrected chi connectivity index (χ4v) is 2.31. The molecule has 1 aromatic rings. The van der Waals surface area contributed by atoms with Crippen molar-refractivity contribution in [2.75, 3.05) is 5.32 Å². The van der Waals surface area contributed by atoms with E-state index in [1.54, 1.807) is 19.1 Å². The van der Waals surface area contributed by atoms with Crippen LogP contribution in [0.1, 0.15) is 25.8 Å². The topological polar surface area (TPSA) is 61.4 Å². The normalized spacial score (nSPS) is 10.4. The van der Waals surface area contributed by atoms with Crippen LogP contribution in [0.3, 0.4) is 0 Å². The number of anilines is 1. The average molecular weight is 345 g/mol. The Hall–Kier alpha value is -1.14. The van der Waals surface area contributed by atoms with Crippen LogP contribution in [0.4, 0.5) is 5.69 Å². The fourth-order valence-electron chi connectivity index (χ4n) is 1.52. The average Bonchev–Trinajstić information content (AvgIpc) is 2.23. The lowest BCUT2D eigenvalue weighted by molar-refractivity contribution is -0.120. The third kappa shape index (κ3) is 5.16. The Labute approximate surface area is 126 Å². The number of rotatable bonds is 3. The van der Waals surface area contributed by atoms with Gasteiger partial charge in [-0.05, 0) is 58.7 Å². The molecule has 0 aliphatic rings. The van der Waals surface area contributed by atoms with E-state index < -0.39 is 0 Å². The zero-order chi connectivity index (χ0) is 14.6. The summed E-state index contributed by atoms with van der Waals surface area (Å²) in [6.45, 7) is 5.72. The molecule has 0 radical (unpaired) electrons. The predicted octanol–water partition coefficient (Wildman–Crippen LogP) is 3.32. The maximum absolute atomic E-state index is 11.6. The van der Waals surface area contributed by atoms with E-state index in [1.807, 2.05) is 13.8 Å². The van der Waals surface area contributed by atoms with Crippen molar-refractivity contribution in [1.29, 1.82) is 0 Å². The number of hydrogen-bond acceptors (Lipinski definition) is 3. The van der Waals surface area contributed by atoms with Gasteiger partial charge in [0, 0.05) is 12.1 Å². The number of aromatic hydroxyl groups is 1. The molecule has 1 aromatic carbocycles. The minimum atomic E-state index is -0.109. The Morgan fingerprint density at radius 3 is 2.63 bits per heavy atom. The first kappa shape index (κ1) is 15.9. The first-order valence-electron chi connectivity index (χ1n) is 5.89. The maximum atomic E-state index is 11.6. The third-order valence-corrected chi connectivity index (χ3v) is 3.17. The molecule has 19 heavy (non-hydrogen) atoms. The van der Waals surface area contributed by atoms with Gasteiger partial charge in [-0.25, -0.2) is 0 Å². The van der Waals surface area contributed by atoms with E-state index in [0.29, 0.717) is 22.1 Å². The number of hydrogen-bond donors (Lipinski definition) is 3. The highest BCUT2D eigenvalue weighted by Gasteiger charge is 2.09. The molecule has 0 bridgehead atoms. The molecule has 6 heteroatoms. The van der Waals surface area contributed by atoms with E-state index in [4.69, 9.17) is 12.2 Å². The van der Waals surface area contributed by atoms with Crippen LogP contribution >= 0.6 is 28.1 Å². The van der Waals surface area contributed by atoms with Crippen molar-refractivity contribution < 1.29 is 9.90 Å². The summed E-state index contributed by atoms with van der Waals surface area (Å²) < 4.78 is 0.575. The summed E-state index contributed by atoms with van der Waals surface area (Å²) in [6.07, 6.45) is 0.431. The first-order chi connectivity index (χ1) is 8.79. The van der Waals surface area contributed by atoms with Gasteiger partial charge in [0.1, 0.15) is 5.75 Å². The molecule has 0 aromatic heterocycles. The van der Waals surface area contributed by atoms with Crippen molar-refractivity contribution in [2.24, 2.45) is 5.92 Å². The molecule has 4 nitrogen and oxygen atoms in total. The van der Waals surface area contributed by atoms with Crippen LogP contribution in [0.15, 0.2) is 16.6 Å². The Bertz CT molecular complexity index is 480. The van der Waals surface area contributed by atoms with Crippen LogP contribution in [0.25, 0.3) is 0 Å². The number of amides is 1.